The summed E-state index contributed by atoms with van der Waals surface area (Å²) >= 11 is 0. The van der Waals surface area contributed by atoms with Gasteiger partial charge in [0.15, 0.2) is 11.5 Å². The summed E-state index contributed by atoms with van der Waals surface area (Å²) in [5, 5.41) is 9.84. The van der Waals surface area contributed by atoms with Crippen molar-refractivity contribution in [3.63, 3.8) is 0 Å². The molecule has 0 spiro atoms. The van der Waals surface area contributed by atoms with Crippen LogP contribution in [0.1, 0.15) is 31.0 Å². The van der Waals surface area contributed by atoms with Gasteiger partial charge in [-0.25, -0.2) is 4.79 Å². The number of piperidine rings is 1. The molecule has 0 bridgehead atoms. The summed E-state index contributed by atoms with van der Waals surface area (Å²) in [6.45, 7) is 5.20. The summed E-state index contributed by atoms with van der Waals surface area (Å²) in [5.74, 6) is 1.25. The Kier molecular flexibility index (Phi) is 5.85. The first-order valence-corrected chi connectivity index (χ1v) is 10.1. The third-order valence-electron chi connectivity index (χ3n) is 5.72. The van der Waals surface area contributed by atoms with E-state index in [1.54, 1.807) is 12.3 Å². The van der Waals surface area contributed by atoms with Gasteiger partial charge in [-0.1, -0.05) is 30.3 Å². The van der Waals surface area contributed by atoms with Crippen LogP contribution in [-0.2, 0) is 13.1 Å². The van der Waals surface area contributed by atoms with Crippen molar-refractivity contribution in [2.75, 3.05) is 19.8 Å². The second kappa shape index (κ2) is 8.69. The number of amides is 1. The third kappa shape index (κ3) is 4.62. The predicted octanol–water partition coefficient (Wildman–Crippen LogP) is 3.39. The second-order valence-electron chi connectivity index (χ2n) is 7.71. The normalized spacial score (nSPS) is 21.6. The number of hydrogen-bond acceptors (Lipinski definition) is 5. The molecule has 0 saturated carbocycles. The van der Waals surface area contributed by atoms with Gasteiger partial charge >= 0.3 is 6.09 Å². The van der Waals surface area contributed by atoms with Gasteiger partial charge < -0.3 is 14.6 Å². The third-order valence-corrected chi connectivity index (χ3v) is 5.72. The number of pyridine rings is 1. The fraction of sp³-hybridized carbons (Fsp3) is 0.455. The molecule has 1 amide bonds. The van der Waals surface area contributed by atoms with Crippen molar-refractivity contribution in [1.29, 1.82) is 0 Å². The summed E-state index contributed by atoms with van der Waals surface area (Å²) in [5.41, 5.74) is 1.96. The van der Waals surface area contributed by atoms with Crippen LogP contribution in [0.3, 0.4) is 0 Å². The first-order valence-electron chi connectivity index (χ1n) is 10.1. The molecular weight excluding hydrogens is 370 g/mol. The Morgan fingerprint density at radius 2 is 2.00 bits per heavy atom. The van der Waals surface area contributed by atoms with Crippen molar-refractivity contribution in [2.24, 2.45) is 0 Å². The minimum atomic E-state index is -0.907. The van der Waals surface area contributed by atoms with E-state index in [-0.39, 0.29) is 12.6 Å². The van der Waals surface area contributed by atoms with E-state index in [0.29, 0.717) is 36.4 Å². The maximum atomic E-state index is 12.0. The van der Waals surface area contributed by atoms with Crippen LogP contribution >= 0.6 is 0 Å². The lowest BCUT2D eigenvalue weighted by Crippen LogP contribution is -2.50. The molecule has 1 fully saturated rings. The Balaban J connectivity index is 1.41. The largest absolute Gasteiger partial charge is 0.486 e. The van der Waals surface area contributed by atoms with E-state index in [0.717, 1.165) is 25.9 Å². The molecule has 1 aromatic heterocycles. The Morgan fingerprint density at radius 1 is 1.24 bits per heavy atom. The fourth-order valence-electron chi connectivity index (χ4n) is 4.14. The minimum Gasteiger partial charge on any atom is -0.486 e. The number of ether oxygens (including phenoxy) is 2. The van der Waals surface area contributed by atoms with Gasteiger partial charge in [-0.2, -0.15) is 0 Å². The Hall–Kier alpha value is -2.80. The number of likely N-dealkylation sites (tertiary alicyclic amines) is 1. The molecule has 7 heteroatoms. The van der Waals surface area contributed by atoms with Crippen LogP contribution in [0.2, 0.25) is 0 Å². The predicted molar refractivity (Wildman–Crippen MR) is 108 cm³/mol. The summed E-state index contributed by atoms with van der Waals surface area (Å²) in [6, 6.07) is 12.5. The standard InChI is InChI=1S/C22H27N3O4/c1-16-11-19(7-8-24(16)14-17-5-3-2-4-6-17)25(22(26)27)15-18-12-20-21(13-23-18)29-10-9-28-20/h2-6,12-13,16,19H,7-11,14-15H2,1H3,(H,26,27). The Bertz CT molecular complexity index is 845. The molecule has 0 radical (unpaired) electrons. The van der Waals surface area contributed by atoms with E-state index in [1.165, 1.54) is 10.5 Å². The highest BCUT2D eigenvalue weighted by atomic mass is 16.6. The van der Waals surface area contributed by atoms with E-state index in [2.05, 4.69) is 41.1 Å². The minimum absolute atomic E-state index is 0.0236. The molecule has 29 heavy (non-hydrogen) atoms. The smallest absolute Gasteiger partial charge is 0.407 e. The lowest BCUT2D eigenvalue weighted by Gasteiger charge is -2.41. The lowest BCUT2D eigenvalue weighted by atomic mass is 9.96. The van der Waals surface area contributed by atoms with E-state index >= 15 is 0 Å². The number of benzene rings is 1. The molecule has 2 atom stereocenters. The zero-order valence-corrected chi connectivity index (χ0v) is 16.7. The van der Waals surface area contributed by atoms with Crippen LogP contribution in [0.4, 0.5) is 4.79 Å². The van der Waals surface area contributed by atoms with Crippen LogP contribution < -0.4 is 9.47 Å². The number of rotatable bonds is 5. The SMILES string of the molecule is CC1CC(N(Cc2cc3c(cn2)OCCO3)C(=O)O)CCN1Cc1ccccc1. The highest BCUT2D eigenvalue weighted by Gasteiger charge is 2.32. The average Bonchev–Trinajstić information content (AvgIpc) is 2.74. The van der Waals surface area contributed by atoms with Gasteiger partial charge in [-0.15, -0.1) is 0 Å². The lowest BCUT2D eigenvalue weighted by molar-refractivity contribution is 0.0597. The summed E-state index contributed by atoms with van der Waals surface area (Å²) < 4.78 is 11.1. The molecule has 2 aromatic rings. The number of carboxylic acid groups (broad SMARTS) is 1. The van der Waals surface area contributed by atoms with Gasteiger partial charge in [0.2, 0.25) is 0 Å². The fourth-order valence-corrected chi connectivity index (χ4v) is 4.14. The molecule has 154 valence electrons. The van der Waals surface area contributed by atoms with Crippen LogP contribution in [0.25, 0.3) is 0 Å². The van der Waals surface area contributed by atoms with E-state index in [1.807, 2.05) is 6.07 Å². The van der Waals surface area contributed by atoms with Crippen molar-refractivity contribution in [2.45, 2.75) is 44.9 Å². The molecule has 1 N–H and O–H groups in total. The molecule has 1 aromatic carbocycles. The van der Waals surface area contributed by atoms with Crippen molar-refractivity contribution < 1.29 is 19.4 Å². The quantitative estimate of drug-likeness (QED) is 0.834. The first kappa shape index (κ1) is 19.5. The molecular formula is C22H27N3O4. The molecule has 2 aliphatic heterocycles. The number of carbonyl (C=O) groups is 1. The topological polar surface area (TPSA) is 75.1 Å². The zero-order chi connectivity index (χ0) is 20.2. The van der Waals surface area contributed by atoms with Crippen molar-refractivity contribution >= 4 is 6.09 Å². The number of nitrogens with zero attached hydrogens (tertiary/aromatic N) is 3. The van der Waals surface area contributed by atoms with E-state index < -0.39 is 6.09 Å². The summed E-state index contributed by atoms with van der Waals surface area (Å²) in [6.07, 6.45) is 2.34. The van der Waals surface area contributed by atoms with Crippen LogP contribution in [-0.4, -0.2) is 57.8 Å². The van der Waals surface area contributed by atoms with Crippen molar-refractivity contribution in [3.05, 3.63) is 53.9 Å². The van der Waals surface area contributed by atoms with Gasteiger partial charge in [-0.3, -0.25) is 14.8 Å². The molecule has 7 nitrogen and oxygen atoms in total. The van der Waals surface area contributed by atoms with Crippen molar-refractivity contribution in [1.82, 2.24) is 14.8 Å². The number of fused-ring (bicyclic) bond motifs is 1. The highest BCUT2D eigenvalue weighted by molar-refractivity contribution is 5.65. The molecule has 2 aliphatic rings. The molecule has 4 rings (SSSR count). The highest BCUT2D eigenvalue weighted by Crippen LogP contribution is 2.31. The summed E-state index contributed by atoms with van der Waals surface area (Å²) in [7, 11) is 0. The molecule has 3 heterocycles. The van der Waals surface area contributed by atoms with Crippen LogP contribution in [0, 0.1) is 0 Å². The first-order chi connectivity index (χ1) is 14.1. The maximum Gasteiger partial charge on any atom is 0.407 e. The zero-order valence-electron chi connectivity index (χ0n) is 16.7. The second-order valence-corrected chi connectivity index (χ2v) is 7.71. The van der Waals surface area contributed by atoms with E-state index in [9.17, 15) is 9.90 Å². The Labute approximate surface area is 170 Å². The van der Waals surface area contributed by atoms with Gasteiger partial charge in [0.05, 0.1) is 18.4 Å². The van der Waals surface area contributed by atoms with Gasteiger partial charge in [-0.05, 0) is 25.3 Å². The van der Waals surface area contributed by atoms with Crippen molar-refractivity contribution in [3.8, 4) is 11.5 Å². The average molecular weight is 397 g/mol. The molecule has 0 aliphatic carbocycles. The van der Waals surface area contributed by atoms with Gasteiger partial charge in [0, 0.05) is 31.2 Å². The maximum absolute atomic E-state index is 12.0. The Morgan fingerprint density at radius 3 is 2.72 bits per heavy atom. The monoisotopic (exact) mass is 397 g/mol. The summed E-state index contributed by atoms with van der Waals surface area (Å²) in [4.78, 5) is 20.3. The number of aromatic nitrogens is 1. The number of hydrogen-bond donors (Lipinski definition) is 1. The van der Waals surface area contributed by atoms with Gasteiger partial charge in [0.25, 0.3) is 0 Å². The van der Waals surface area contributed by atoms with Crippen LogP contribution in [0.15, 0.2) is 42.6 Å². The van der Waals surface area contributed by atoms with Gasteiger partial charge in [0.1, 0.15) is 13.2 Å². The molecule has 2 unspecified atom stereocenters. The van der Waals surface area contributed by atoms with E-state index in [4.69, 9.17) is 9.47 Å². The van der Waals surface area contributed by atoms with Crippen LogP contribution in [0.5, 0.6) is 11.5 Å². The molecule has 1 saturated heterocycles.